The van der Waals surface area contributed by atoms with Gasteiger partial charge in [0.25, 0.3) is 0 Å². The number of methoxy groups -OCH3 is 1. The Morgan fingerprint density at radius 3 is 2.73 bits per heavy atom. The molecule has 0 saturated heterocycles. The van der Waals surface area contributed by atoms with Crippen LogP contribution in [0.4, 0.5) is 0 Å². The van der Waals surface area contributed by atoms with E-state index in [1.165, 1.54) is 17.3 Å². The highest BCUT2D eigenvalue weighted by atomic mass is 32.2. The van der Waals surface area contributed by atoms with Gasteiger partial charge in [-0.25, -0.2) is 0 Å². The van der Waals surface area contributed by atoms with Crippen LogP contribution in [0.15, 0.2) is 66.1 Å². The molecule has 6 nitrogen and oxygen atoms in total. The molecule has 26 heavy (non-hydrogen) atoms. The van der Waals surface area contributed by atoms with E-state index in [0.717, 1.165) is 17.9 Å². The number of aromatic nitrogens is 3. The molecule has 0 bridgehead atoms. The maximum absolute atomic E-state index is 12.1. The highest BCUT2D eigenvalue weighted by Gasteiger charge is 2.12. The molecule has 0 aliphatic carbocycles. The third-order valence-corrected chi connectivity index (χ3v) is 4.72. The third-order valence-electron chi connectivity index (χ3n) is 3.77. The van der Waals surface area contributed by atoms with Crippen LogP contribution in [-0.4, -0.2) is 40.1 Å². The van der Waals surface area contributed by atoms with Crippen molar-refractivity contribution in [2.24, 2.45) is 0 Å². The van der Waals surface area contributed by atoms with Crippen molar-refractivity contribution >= 4 is 17.7 Å². The van der Waals surface area contributed by atoms with Crippen LogP contribution in [0.1, 0.15) is 5.56 Å². The first kappa shape index (κ1) is 18.0. The van der Waals surface area contributed by atoms with Gasteiger partial charge in [0.05, 0.1) is 18.6 Å². The zero-order valence-corrected chi connectivity index (χ0v) is 15.3. The van der Waals surface area contributed by atoms with E-state index in [9.17, 15) is 4.79 Å². The predicted octanol–water partition coefficient (Wildman–Crippen LogP) is 2.73. The van der Waals surface area contributed by atoms with Crippen molar-refractivity contribution in [1.29, 1.82) is 0 Å². The number of hydrogen-bond donors (Lipinski definition) is 1. The lowest BCUT2D eigenvalue weighted by Crippen LogP contribution is -2.27. The molecule has 0 saturated carbocycles. The van der Waals surface area contributed by atoms with Crippen molar-refractivity contribution in [1.82, 2.24) is 20.1 Å². The highest BCUT2D eigenvalue weighted by molar-refractivity contribution is 7.99. The van der Waals surface area contributed by atoms with E-state index in [0.29, 0.717) is 11.7 Å². The molecule has 3 rings (SSSR count). The van der Waals surface area contributed by atoms with Crippen molar-refractivity contribution in [2.45, 2.75) is 11.6 Å². The summed E-state index contributed by atoms with van der Waals surface area (Å²) in [5.74, 6) is 0.977. The maximum Gasteiger partial charge on any atom is 0.230 e. The van der Waals surface area contributed by atoms with Crippen molar-refractivity contribution < 1.29 is 9.53 Å². The van der Waals surface area contributed by atoms with Crippen molar-refractivity contribution in [3.8, 4) is 11.4 Å². The molecule has 1 heterocycles. The number of carbonyl (C=O) groups is 1. The second kappa shape index (κ2) is 9.05. The van der Waals surface area contributed by atoms with Gasteiger partial charge in [-0.05, 0) is 24.1 Å². The summed E-state index contributed by atoms with van der Waals surface area (Å²) in [4.78, 5) is 12.1. The Labute approximate surface area is 156 Å². The van der Waals surface area contributed by atoms with Crippen LogP contribution in [0.2, 0.25) is 0 Å². The number of carbonyl (C=O) groups excluding carboxylic acids is 1. The van der Waals surface area contributed by atoms with Crippen LogP contribution >= 0.6 is 11.8 Å². The number of nitrogens with one attached hydrogen (secondary N) is 1. The standard InChI is InChI=1S/C19H20N4O2S/c1-25-17-10-6-5-9-16(17)23-14-21-22-19(23)26-13-18(24)20-12-11-15-7-3-2-4-8-15/h2-10,14H,11-13H2,1H3,(H,20,24). The van der Waals surface area contributed by atoms with E-state index in [4.69, 9.17) is 4.74 Å². The minimum absolute atomic E-state index is 0.0273. The summed E-state index contributed by atoms with van der Waals surface area (Å²) >= 11 is 1.34. The maximum atomic E-state index is 12.1. The highest BCUT2D eigenvalue weighted by Crippen LogP contribution is 2.26. The van der Waals surface area contributed by atoms with E-state index in [1.54, 1.807) is 13.4 Å². The monoisotopic (exact) mass is 368 g/mol. The van der Waals surface area contributed by atoms with E-state index in [2.05, 4.69) is 27.6 Å². The molecule has 1 N–H and O–H groups in total. The first-order valence-electron chi connectivity index (χ1n) is 8.25. The van der Waals surface area contributed by atoms with Gasteiger partial charge in [-0.3, -0.25) is 9.36 Å². The molecular weight excluding hydrogens is 348 g/mol. The number of benzene rings is 2. The number of nitrogens with zero attached hydrogens (tertiary/aromatic N) is 3. The molecule has 0 fully saturated rings. The van der Waals surface area contributed by atoms with E-state index < -0.39 is 0 Å². The Hall–Kier alpha value is -2.80. The lowest BCUT2D eigenvalue weighted by Gasteiger charge is -2.10. The zero-order chi connectivity index (χ0) is 18.2. The summed E-state index contributed by atoms with van der Waals surface area (Å²) in [5, 5.41) is 11.6. The molecule has 2 aromatic carbocycles. The Morgan fingerprint density at radius 1 is 1.15 bits per heavy atom. The van der Waals surface area contributed by atoms with Gasteiger partial charge >= 0.3 is 0 Å². The normalized spacial score (nSPS) is 10.5. The fourth-order valence-corrected chi connectivity index (χ4v) is 3.24. The van der Waals surface area contributed by atoms with Gasteiger partial charge in [0.1, 0.15) is 12.1 Å². The van der Waals surface area contributed by atoms with Crippen molar-refractivity contribution in [3.05, 3.63) is 66.5 Å². The summed E-state index contributed by atoms with van der Waals surface area (Å²) in [5.41, 5.74) is 2.04. The van der Waals surface area contributed by atoms with E-state index >= 15 is 0 Å². The second-order valence-corrected chi connectivity index (χ2v) is 6.47. The quantitative estimate of drug-likeness (QED) is 0.619. The molecule has 1 amide bonds. The number of ether oxygens (including phenoxy) is 1. The molecule has 0 radical (unpaired) electrons. The molecular formula is C19H20N4O2S. The average Bonchev–Trinajstić information content (AvgIpc) is 3.15. The lowest BCUT2D eigenvalue weighted by atomic mass is 10.1. The predicted molar refractivity (Wildman–Crippen MR) is 102 cm³/mol. The van der Waals surface area contributed by atoms with Crippen LogP contribution in [-0.2, 0) is 11.2 Å². The molecule has 0 atom stereocenters. The van der Waals surface area contributed by atoms with Gasteiger partial charge in [-0.15, -0.1) is 10.2 Å². The first-order valence-corrected chi connectivity index (χ1v) is 9.23. The zero-order valence-electron chi connectivity index (χ0n) is 14.5. The van der Waals surface area contributed by atoms with Crippen molar-refractivity contribution in [3.63, 3.8) is 0 Å². The smallest absolute Gasteiger partial charge is 0.230 e. The first-order chi connectivity index (χ1) is 12.8. The van der Waals surface area contributed by atoms with E-state index in [-0.39, 0.29) is 11.7 Å². The fourth-order valence-electron chi connectivity index (χ4n) is 2.49. The number of rotatable bonds is 8. The summed E-state index contributed by atoms with van der Waals surface area (Å²) in [6.45, 7) is 0.614. The largest absolute Gasteiger partial charge is 0.495 e. The summed E-state index contributed by atoms with van der Waals surface area (Å²) < 4.78 is 7.20. The van der Waals surface area contributed by atoms with Gasteiger partial charge in [0.15, 0.2) is 5.16 Å². The second-order valence-electron chi connectivity index (χ2n) is 5.53. The number of hydrogen-bond acceptors (Lipinski definition) is 5. The minimum Gasteiger partial charge on any atom is -0.495 e. The van der Waals surface area contributed by atoms with E-state index in [1.807, 2.05) is 47.0 Å². The number of thioether (sulfide) groups is 1. The van der Waals surface area contributed by atoms with Crippen LogP contribution in [0.25, 0.3) is 5.69 Å². The third kappa shape index (κ3) is 4.64. The topological polar surface area (TPSA) is 69.0 Å². The van der Waals surface area contributed by atoms with Gasteiger partial charge < -0.3 is 10.1 Å². The number of amides is 1. The Kier molecular flexibility index (Phi) is 6.27. The molecule has 3 aromatic rings. The van der Waals surface area contributed by atoms with Crippen LogP contribution in [0.3, 0.4) is 0 Å². The van der Waals surface area contributed by atoms with Gasteiger partial charge in [-0.1, -0.05) is 54.2 Å². The molecule has 0 unspecified atom stereocenters. The molecule has 7 heteroatoms. The molecule has 0 spiro atoms. The van der Waals surface area contributed by atoms with Gasteiger partial charge in [0.2, 0.25) is 5.91 Å². The molecule has 0 aliphatic rings. The Balaban J connectivity index is 1.54. The lowest BCUT2D eigenvalue weighted by molar-refractivity contribution is -0.118. The van der Waals surface area contributed by atoms with Gasteiger partial charge in [-0.2, -0.15) is 0 Å². The number of para-hydroxylation sites is 2. The molecule has 134 valence electrons. The van der Waals surface area contributed by atoms with Crippen LogP contribution < -0.4 is 10.1 Å². The fraction of sp³-hybridized carbons (Fsp3) is 0.211. The summed E-state index contributed by atoms with van der Waals surface area (Å²) in [6.07, 6.45) is 2.43. The van der Waals surface area contributed by atoms with Crippen molar-refractivity contribution in [2.75, 3.05) is 19.4 Å². The minimum atomic E-state index is -0.0273. The summed E-state index contributed by atoms with van der Waals surface area (Å²) in [7, 11) is 1.62. The molecule has 0 aliphatic heterocycles. The van der Waals surface area contributed by atoms with Crippen LogP contribution in [0.5, 0.6) is 5.75 Å². The van der Waals surface area contributed by atoms with Crippen LogP contribution in [0, 0.1) is 0 Å². The van der Waals surface area contributed by atoms with Gasteiger partial charge in [0, 0.05) is 6.54 Å². The Morgan fingerprint density at radius 2 is 1.92 bits per heavy atom. The SMILES string of the molecule is COc1ccccc1-n1cnnc1SCC(=O)NCCc1ccccc1. The Bertz CT molecular complexity index is 852. The summed E-state index contributed by atoms with van der Waals surface area (Å²) in [6, 6.07) is 17.7. The molecule has 1 aromatic heterocycles. The average molecular weight is 368 g/mol.